The van der Waals surface area contributed by atoms with Gasteiger partial charge in [0.15, 0.2) is 0 Å². The van der Waals surface area contributed by atoms with Crippen LogP contribution in [-0.4, -0.2) is 40.2 Å². The minimum atomic E-state index is -3.60. The second kappa shape index (κ2) is 8.90. The first-order valence-electron chi connectivity index (χ1n) is 8.93. The van der Waals surface area contributed by atoms with Crippen molar-refractivity contribution in [3.63, 3.8) is 0 Å². The normalized spacial score (nSPS) is 11.1. The zero-order chi connectivity index (χ0) is 20.0. The third-order valence-corrected chi connectivity index (χ3v) is 5.40. The van der Waals surface area contributed by atoms with Gasteiger partial charge in [-0.2, -0.15) is 0 Å². The van der Waals surface area contributed by atoms with E-state index in [0.29, 0.717) is 11.4 Å². The fourth-order valence-corrected chi connectivity index (χ4v) is 3.73. The van der Waals surface area contributed by atoms with E-state index in [9.17, 15) is 13.2 Å². The molecule has 2 rings (SSSR count). The van der Waals surface area contributed by atoms with Crippen molar-refractivity contribution < 1.29 is 13.2 Å². The lowest BCUT2D eigenvalue weighted by atomic mass is 10.2. The molecular weight excluding hydrogens is 362 g/mol. The van der Waals surface area contributed by atoms with Crippen LogP contribution in [0.15, 0.2) is 48.5 Å². The molecule has 2 aromatic carbocycles. The summed E-state index contributed by atoms with van der Waals surface area (Å²) in [4.78, 5) is 14.6. The zero-order valence-electron chi connectivity index (χ0n) is 16.3. The van der Waals surface area contributed by atoms with Crippen molar-refractivity contribution in [3.05, 3.63) is 54.1 Å². The van der Waals surface area contributed by atoms with Gasteiger partial charge in [-0.3, -0.25) is 9.10 Å². The molecule has 2 aromatic rings. The third kappa shape index (κ3) is 5.72. The van der Waals surface area contributed by atoms with Crippen molar-refractivity contribution in [1.82, 2.24) is 0 Å². The summed E-state index contributed by atoms with van der Waals surface area (Å²) >= 11 is 0. The second-order valence-electron chi connectivity index (χ2n) is 6.38. The molecule has 27 heavy (non-hydrogen) atoms. The number of hydrogen-bond donors (Lipinski definition) is 1. The number of nitrogens with one attached hydrogen (secondary N) is 1. The first kappa shape index (κ1) is 20.8. The maximum absolute atomic E-state index is 12.4. The highest BCUT2D eigenvalue weighted by molar-refractivity contribution is 7.92. The van der Waals surface area contributed by atoms with Crippen LogP contribution in [0.1, 0.15) is 19.4 Å². The third-order valence-electron chi connectivity index (χ3n) is 4.26. The predicted octanol–water partition coefficient (Wildman–Crippen LogP) is 3.25. The molecule has 0 aliphatic carbocycles. The van der Waals surface area contributed by atoms with Crippen molar-refractivity contribution >= 4 is 33.0 Å². The van der Waals surface area contributed by atoms with Crippen LogP contribution < -0.4 is 14.5 Å². The number of benzene rings is 2. The number of rotatable bonds is 8. The van der Waals surface area contributed by atoms with Crippen molar-refractivity contribution in [1.29, 1.82) is 0 Å². The maximum Gasteiger partial charge on any atom is 0.245 e. The van der Waals surface area contributed by atoms with E-state index in [0.717, 1.165) is 34.9 Å². The van der Waals surface area contributed by atoms with E-state index in [1.54, 1.807) is 18.2 Å². The minimum absolute atomic E-state index is 0.280. The lowest BCUT2D eigenvalue weighted by Crippen LogP contribution is -2.37. The van der Waals surface area contributed by atoms with E-state index in [-0.39, 0.29) is 12.5 Å². The van der Waals surface area contributed by atoms with E-state index < -0.39 is 10.0 Å². The maximum atomic E-state index is 12.4. The smallest absolute Gasteiger partial charge is 0.245 e. The molecule has 0 aliphatic heterocycles. The Morgan fingerprint density at radius 2 is 1.59 bits per heavy atom. The average molecular weight is 390 g/mol. The van der Waals surface area contributed by atoms with Crippen LogP contribution in [0, 0.1) is 6.92 Å². The lowest BCUT2D eigenvalue weighted by Gasteiger charge is -2.24. The summed E-state index contributed by atoms with van der Waals surface area (Å²) in [5.41, 5.74) is 3.14. The topological polar surface area (TPSA) is 69.7 Å². The Balaban J connectivity index is 2.19. The first-order chi connectivity index (χ1) is 12.7. The van der Waals surface area contributed by atoms with Crippen LogP contribution in [0.25, 0.3) is 0 Å². The summed E-state index contributed by atoms with van der Waals surface area (Å²) in [6.07, 6.45) is 1.10. The van der Waals surface area contributed by atoms with Gasteiger partial charge < -0.3 is 10.2 Å². The largest absolute Gasteiger partial charge is 0.372 e. The van der Waals surface area contributed by atoms with Crippen LogP contribution in [0.4, 0.5) is 17.1 Å². The molecule has 1 amide bonds. The summed E-state index contributed by atoms with van der Waals surface area (Å²) in [7, 11) is -3.60. The minimum Gasteiger partial charge on any atom is -0.372 e. The van der Waals surface area contributed by atoms with Crippen LogP contribution in [0.3, 0.4) is 0 Å². The molecule has 0 aromatic heterocycles. The molecular formula is C20H27N3O3S. The van der Waals surface area contributed by atoms with Gasteiger partial charge in [0.25, 0.3) is 0 Å². The SMILES string of the molecule is CCN(CC)c1ccc(N(CC(=O)Nc2cccc(C)c2)S(C)(=O)=O)cc1. The average Bonchev–Trinajstić information content (AvgIpc) is 2.60. The summed E-state index contributed by atoms with van der Waals surface area (Å²) in [5.74, 6) is -0.390. The van der Waals surface area contributed by atoms with Gasteiger partial charge in [-0.25, -0.2) is 8.42 Å². The van der Waals surface area contributed by atoms with Gasteiger partial charge >= 0.3 is 0 Å². The molecule has 0 atom stereocenters. The van der Waals surface area contributed by atoms with E-state index in [4.69, 9.17) is 0 Å². The van der Waals surface area contributed by atoms with Gasteiger partial charge in [-0.1, -0.05) is 12.1 Å². The van der Waals surface area contributed by atoms with Gasteiger partial charge in [0.2, 0.25) is 15.9 Å². The van der Waals surface area contributed by atoms with E-state index in [2.05, 4.69) is 24.1 Å². The summed E-state index contributed by atoms with van der Waals surface area (Å²) in [6, 6.07) is 14.6. The first-order valence-corrected chi connectivity index (χ1v) is 10.8. The van der Waals surface area contributed by atoms with Crippen LogP contribution >= 0.6 is 0 Å². The molecule has 146 valence electrons. The molecule has 0 saturated heterocycles. The van der Waals surface area contributed by atoms with Gasteiger partial charge in [0.05, 0.1) is 11.9 Å². The molecule has 0 radical (unpaired) electrons. The molecule has 7 heteroatoms. The van der Waals surface area contributed by atoms with E-state index >= 15 is 0 Å². The molecule has 0 heterocycles. The molecule has 6 nitrogen and oxygen atoms in total. The number of nitrogens with zero attached hydrogens (tertiary/aromatic N) is 2. The van der Waals surface area contributed by atoms with E-state index in [1.807, 2.05) is 37.3 Å². The Bertz CT molecular complexity index is 876. The van der Waals surface area contributed by atoms with Gasteiger partial charge in [0, 0.05) is 24.5 Å². The monoisotopic (exact) mass is 389 g/mol. The van der Waals surface area contributed by atoms with Gasteiger partial charge in [0.1, 0.15) is 6.54 Å². The van der Waals surface area contributed by atoms with Crippen molar-refractivity contribution in [3.8, 4) is 0 Å². The Morgan fingerprint density at radius 1 is 1.00 bits per heavy atom. The van der Waals surface area contributed by atoms with Crippen molar-refractivity contribution in [2.75, 3.05) is 40.4 Å². The highest BCUT2D eigenvalue weighted by Gasteiger charge is 2.21. The molecule has 0 bridgehead atoms. The van der Waals surface area contributed by atoms with E-state index in [1.165, 1.54) is 0 Å². The Labute approximate surface area is 161 Å². The Morgan fingerprint density at radius 3 is 2.11 bits per heavy atom. The molecule has 0 spiro atoms. The lowest BCUT2D eigenvalue weighted by molar-refractivity contribution is -0.114. The van der Waals surface area contributed by atoms with Gasteiger partial charge in [-0.15, -0.1) is 0 Å². The number of carbonyl (C=O) groups is 1. The Kier molecular flexibility index (Phi) is 6.85. The van der Waals surface area contributed by atoms with Gasteiger partial charge in [-0.05, 0) is 62.7 Å². The molecule has 1 N–H and O–H groups in total. The summed E-state index contributed by atoms with van der Waals surface area (Å²) in [5, 5.41) is 2.75. The van der Waals surface area contributed by atoms with Crippen LogP contribution in [0.2, 0.25) is 0 Å². The number of aryl methyl sites for hydroxylation is 1. The predicted molar refractivity (Wildman–Crippen MR) is 112 cm³/mol. The van der Waals surface area contributed by atoms with Crippen LogP contribution in [0.5, 0.6) is 0 Å². The highest BCUT2D eigenvalue weighted by atomic mass is 32.2. The summed E-state index contributed by atoms with van der Waals surface area (Å²) < 4.78 is 25.6. The standard InChI is InChI=1S/C20H27N3O3S/c1-5-22(6-2)18-10-12-19(13-11-18)23(27(4,25)26)15-20(24)21-17-9-7-8-16(3)14-17/h7-14H,5-6,15H2,1-4H3,(H,21,24). The molecule has 0 saturated carbocycles. The highest BCUT2D eigenvalue weighted by Crippen LogP contribution is 2.23. The van der Waals surface area contributed by atoms with Crippen molar-refractivity contribution in [2.24, 2.45) is 0 Å². The number of hydrogen-bond acceptors (Lipinski definition) is 4. The van der Waals surface area contributed by atoms with Crippen molar-refractivity contribution in [2.45, 2.75) is 20.8 Å². The quantitative estimate of drug-likeness (QED) is 0.752. The fourth-order valence-electron chi connectivity index (χ4n) is 2.87. The Hall–Kier alpha value is -2.54. The van der Waals surface area contributed by atoms with Crippen LogP contribution in [-0.2, 0) is 14.8 Å². The number of anilines is 3. The number of carbonyl (C=O) groups excluding carboxylic acids is 1. The number of sulfonamides is 1. The number of amides is 1. The molecule has 0 fully saturated rings. The molecule has 0 unspecified atom stereocenters. The summed E-state index contributed by atoms with van der Waals surface area (Å²) in [6.45, 7) is 7.51. The zero-order valence-corrected chi connectivity index (χ0v) is 17.1. The second-order valence-corrected chi connectivity index (χ2v) is 8.28. The fraction of sp³-hybridized carbons (Fsp3) is 0.350. The molecule has 0 aliphatic rings.